The predicted octanol–water partition coefficient (Wildman–Crippen LogP) is 2.39. The molecule has 0 radical (unpaired) electrons. The Bertz CT molecular complexity index is 843. The molecule has 3 heterocycles. The van der Waals surface area contributed by atoms with E-state index >= 15 is 0 Å². The van der Waals surface area contributed by atoms with Crippen molar-refractivity contribution in [3.05, 3.63) is 16.8 Å². The van der Waals surface area contributed by atoms with Crippen LogP contribution in [0.25, 0.3) is 10.2 Å². The third-order valence-corrected chi connectivity index (χ3v) is 7.47. The minimum absolute atomic E-state index is 0.0921. The van der Waals surface area contributed by atoms with Crippen LogP contribution in [0.15, 0.2) is 11.4 Å². The molecule has 26 heavy (non-hydrogen) atoms. The van der Waals surface area contributed by atoms with Gasteiger partial charge in [0.2, 0.25) is 11.8 Å². The van der Waals surface area contributed by atoms with Crippen molar-refractivity contribution < 1.29 is 9.59 Å². The average molecular weight is 391 g/mol. The molecule has 0 bridgehead atoms. The van der Waals surface area contributed by atoms with Crippen molar-refractivity contribution in [2.24, 2.45) is 11.7 Å². The lowest BCUT2D eigenvalue weighted by molar-refractivity contribution is -0.132. The van der Waals surface area contributed by atoms with E-state index in [1.54, 1.807) is 17.7 Å². The van der Waals surface area contributed by atoms with Gasteiger partial charge in [-0.2, -0.15) is 0 Å². The van der Waals surface area contributed by atoms with Gasteiger partial charge in [0, 0.05) is 29.3 Å². The van der Waals surface area contributed by atoms with Crippen LogP contribution >= 0.6 is 23.1 Å². The standard InChI is InChI=1S/C18H22N4O2S2/c19-16(24)11-5-7-22(8-6-11)14(23)9-25-17-15-12-3-1-2-4-13(12)26-18(15)21-10-20-17/h10-11H,1-9H2,(H2,19,24). The zero-order valence-corrected chi connectivity index (χ0v) is 16.2. The second-order valence-electron chi connectivity index (χ2n) is 6.92. The van der Waals surface area contributed by atoms with Gasteiger partial charge in [-0.15, -0.1) is 11.3 Å². The highest BCUT2D eigenvalue weighted by Crippen LogP contribution is 2.39. The average Bonchev–Trinajstić information content (AvgIpc) is 3.05. The number of thioether (sulfide) groups is 1. The van der Waals surface area contributed by atoms with E-state index in [0.29, 0.717) is 31.7 Å². The molecule has 0 saturated carbocycles. The van der Waals surface area contributed by atoms with Crippen molar-refractivity contribution in [2.75, 3.05) is 18.8 Å². The number of likely N-dealkylation sites (tertiary alicyclic amines) is 1. The van der Waals surface area contributed by atoms with Crippen molar-refractivity contribution in [2.45, 2.75) is 43.6 Å². The molecule has 1 saturated heterocycles. The highest BCUT2D eigenvalue weighted by molar-refractivity contribution is 8.00. The summed E-state index contributed by atoms with van der Waals surface area (Å²) in [6.45, 7) is 1.22. The Hall–Kier alpha value is -1.67. The minimum Gasteiger partial charge on any atom is -0.369 e. The minimum atomic E-state index is -0.253. The molecule has 0 spiro atoms. The summed E-state index contributed by atoms with van der Waals surface area (Å²) < 4.78 is 0. The molecule has 4 rings (SSSR count). The maximum absolute atomic E-state index is 12.6. The van der Waals surface area contributed by atoms with Gasteiger partial charge in [-0.05, 0) is 44.1 Å². The van der Waals surface area contributed by atoms with Gasteiger partial charge in [-0.25, -0.2) is 9.97 Å². The first-order valence-electron chi connectivity index (χ1n) is 9.08. The zero-order chi connectivity index (χ0) is 18.1. The van der Waals surface area contributed by atoms with Crippen molar-refractivity contribution in [1.82, 2.24) is 14.9 Å². The summed E-state index contributed by atoms with van der Waals surface area (Å²) in [4.78, 5) is 37.1. The number of hydrogen-bond acceptors (Lipinski definition) is 6. The lowest BCUT2D eigenvalue weighted by Crippen LogP contribution is -2.42. The normalized spacial score (nSPS) is 18.1. The van der Waals surface area contributed by atoms with Gasteiger partial charge in [0.15, 0.2) is 0 Å². The van der Waals surface area contributed by atoms with Crippen LogP contribution in [-0.2, 0) is 22.4 Å². The Morgan fingerprint density at radius 2 is 2.00 bits per heavy atom. The molecular weight excluding hydrogens is 368 g/mol. The molecular formula is C18H22N4O2S2. The van der Waals surface area contributed by atoms with E-state index in [1.807, 2.05) is 4.90 Å². The number of amides is 2. The predicted molar refractivity (Wildman–Crippen MR) is 103 cm³/mol. The molecule has 2 aromatic heterocycles. The second-order valence-corrected chi connectivity index (χ2v) is 8.96. The topological polar surface area (TPSA) is 89.2 Å². The lowest BCUT2D eigenvalue weighted by Gasteiger charge is -2.30. The summed E-state index contributed by atoms with van der Waals surface area (Å²) in [7, 11) is 0. The van der Waals surface area contributed by atoms with Crippen molar-refractivity contribution in [3.63, 3.8) is 0 Å². The van der Waals surface area contributed by atoms with E-state index in [-0.39, 0.29) is 17.7 Å². The first kappa shape index (κ1) is 17.7. The SMILES string of the molecule is NC(=O)C1CCN(C(=O)CSc2ncnc3sc4c(c23)CCCC4)CC1. The van der Waals surface area contributed by atoms with Crippen molar-refractivity contribution in [3.8, 4) is 0 Å². The fourth-order valence-corrected chi connectivity index (χ4v) is 6.03. The van der Waals surface area contributed by atoms with Gasteiger partial charge in [0.1, 0.15) is 16.2 Å². The van der Waals surface area contributed by atoms with Crippen LogP contribution in [-0.4, -0.2) is 45.5 Å². The smallest absolute Gasteiger partial charge is 0.232 e. The van der Waals surface area contributed by atoms with Crippen molar-refractivity contribution in [1.29, 1.82) is 0 Å². The maximum atomic E-state index is 12.6. The summed E-state index contributed by atoms with van der Waals surface area (Å²) in [5.41, 5.74) is 6.76. The lowest BCUT2D eigenvalue weighted by atomic mass is 9.96. The number of aromatic nitrogens is 2. The first-order valence-corrected chi connectivity index (χ1v) is 10.9. The van der Waals surface area contributed by atoms with Crippen LogP contribution in [0.1, 0.15) is 36.1 Å². The summed E-state index contributed by atoms with van der Waals surface area (Å²) >= 11 is 3.28. The Kier molecular flexibility index (Phi) is 5.13. The second kappa shape index (κ2) is 7.52. The monoisotopic (exact) mass is 390 g/mol. The van der Waals surface area contributed by atoms with Gasteiger partial charge in [-0.1, -0.05) is 11.8 Å². The van der Waals surface area contributed by atoms with Crippen molar-refractivity contribution >= 4 is 45.1 Å². The number of thiophene rings is 1. The number of carbonyl (C=O) groups excluding carboxylic acids is 2. The summed E-state index contributed by atoms with van der Waals surface area (Å²) in [5, 5.41) is 2.09. The van der Waals surface area contributed by atoms with E-state index in [0.717, 1.165) is 28.1 Å². The largest absolute Gasteiger partial charge is 0.369 e. The molecule has 0 atom stereocenters. The highest BCUT2D eigenvalue weighted by Gasteiger charge is 2.26. The van der Waals surface area contributed by atoms with Crippen LogP contribution in [0, 0.1) is 5.92 Å². The van der Waals surface area contributed by atoms with Crippen LogP contribution in [0.3, 0.4) is 0 Å². The number of hydrogen-bond donors (Lipinski definition) is 1. The molecule has 6 nitrogen and oxygen atoms in total. The molecule has 1 fully saturated rings. The molecule has 138 valence electrons. The van der Waals surface area contributed by atoms with E-state index < -0.39 is 0 Å². The molecule has 2 aliphatic rings. The fraction of sp³-hybridized carbons (Fsp3) is 0.556. The summed E-state index contributed by atoms with van der Waals surface area (Å²) in [5.74, 6) is 0.134. The number of nitrogens with zero attached hydrogens (tertiary/aromatic N) is 3. The molecule has 2 amide bonds. The summed E-state index contributed by atoms with van der Waals surface area (Å²) in [6.07, 6.45) is 7.62. The first-order chi connectivity index (χ1) is 12.6. The van der Waals surface area contributed by atoms with E-state index in [4.69, 9.17) is 5.73 Å². The van der Waals surface area contributed by atoms with Crippen LogP contribution in [0.2, 0.25) is 0 Å². The van der Waals surface area contributed by atoms with Crippen LogP contribution in [0.5, 0.6) is 0 Å². The maximum Gasteiger partial charge on any atom is 0.232 e. The Morgan fingerprint density at radius 3 is 2.77 bits per heavy atom. The van der Waals surface area contributed by atoms with Gasteiger partial charge in [0.25, 0.3) is 0 Å². The van der Waals surface area contributed by atoms with E-state index in [9.17, 15) is 9.59 Å². The number of piperidine rings is 1. The number of rotatable bonds is 4. The Morgan fingerprint density at radius 1 is 1.23 bits per heavy atom. The third kappa shape index (κ3) is 3.44. The van der Waals surface area contributed by atoms with Crippen LogP contribution < -0.4 is 5.73 Å². The molecule has 0 aromatic carbocycles. The van der Waals surface area contributed by atoms with E-state index in [2.05, 4.69) is 9.97 Å². The van der Waals surface area contributed by atoms with E-state index in [1.165, 1.54) is 35.0 Å². The van der Waals surface area contributed by atoms with Gasteiger partial charge in [-0.3, -0.25) is 9.59 Å². The Labute approximate surface area is 160 Å². The molecule has 1 aliphatic heterocycles. The number of nitrogens with two attached hydrogens (primary N) is 1. The highest BCUT2D eigenvalue weighted by atomic mass is 32.2. The number of carbonyl (C=O) groups is 2. The van der Waals surface area contributed by atoms with Crippen LogP contribution in [0.4, 0.5) is 0 Å². The molecule has 8 heteroatoms. The Balaban J connectivity index is 1.44. The summed E-state index contributed by atoms with van der Waals surface area (Å²) in [6, 6.07) is 0. The van der Waals surface area contributed by atoms with Gasteiger partial charge in [0.05, 0.1) is 5.75 Å². The number of primary amides is 1. The molecule has 2 N–H and O–H groups in total. The number of aryl methyl sites for hydroxylation is 2. The quantitative estimate of drug-likeness (QED) is 0.639. The third-order valence-electron chi connectivity index (χ3n) is 5.30. The molecule has 2 aromatic rings. The van der Waals surface area contributed by atoms with Gasteiger partial charge < -0.3 is 10.6 Å². The zero-order valence-electron chi connectivity index (χ0n) is 14.6. The van der Waals surface area contributed by atoms with Gasteiger partial charge >= 0.3 is 0 Å². The number of fused-ring (bicyclic) bond motifs is 3. The molecule has 1 aliphatic carbocycles. The fourth-order valence-electron chi connectivity index (χ4n) is 3.81. The molecule has 0 unspecified atom stereocenters.